The Labute approximate surface area is 197 Å². The molecule has 176 valence electrons. The third-order valence-corrected chi connectivity index (χ3v) is 6.05. The summed E-state index contributed by atoms with van der Waals surface area (Å²) in [6, 6.07) is 3.60. The number of halogens is 1. The van der Waals surface area contributed by atoms with E-state index in [-0.39, 0.29) is 12.3 Å². The van der Waals surface area contributed by atoms with Gasteiger partial charge in [-0.05, 0) is 42.6 Å². The lowest BCUT2D eigenvalue weighted by atomic mass is 9.95. The molecule has 1 aliphatic carbocycles. The zero-order valence-corrected chi connectivity index (χ0v) is 19.5. The number of alkyl halides is 1. The first-order valence-electron chi connectivity index (χ1n) is 11.2. The molecule has 3 aromatic rings. The van der Waals surface area contributed by atoms with E-state index < -0.39 is 18.2 Å². The van der Waals surface area contributed by atoms with E-state index in [9.17, 15) is 14.3 Å². The van der Waals surface area contributed by atoms with E-state index in [0.717, 1.165) is 22.1 Å². The van der Waals surface area contributed by atoms with Crippen molar-refractivity contribution in [3.63, 3.8) is 0 Å². The van der Waals surface area contributed by atoms with Crippen LogP contribution in [-0.4, -0.2) is 42.8 Å². The molecule has 34 heavy (non-hydrogen) atoms. The monoisotopic (exact) mass is 461 g/mol. The Morgan fingerprint density at radius 2 is 2.12 bits per heavy atom. The van der Waals surface area contributed by atoms with E-state index in [1.807, 2.05) is 43.8 Å². The zero-order chi connectivity index (χ0) is 24.6. The van der Waals surface area contributed by atoms with Gasteiger partial charge >= 0.3 is 0 Å². The number of aliphatic hydroxyl groups excluding tert-OH is 1. The Morgan fingerprint density at radius 3 is 2.74 bits per heavy atom. The number of imidazole rings is 1. The van der Waals surface area contributed by atoms with Crippen LogP contribution in [-0.2, 0) is 11.8 Å². The predicted octanol–water partition coefficient (Wildman–Crippen LogP) is 4.61. The third-order valence-electron chi connectivity index (χ3n) is 6.05. The Hall–Kier alpha value is -3.65. The lowest BCUT2D eigenvalue weighted by Crippen LogP contribution is -2.15. The number of aryl methyl sites for hydroxylation is 1. The number of anilines is 1. The van der Waals surface area contributed by atoms with Gasteiger partial charge in [-0.2, -0.15) is 0 Å². The standard InChI is InChI=1S/C26H28FN5O2/c1-6-22(33)15(3)9-14(2)16(4)18-10-17-13-29-23(31-26(34)19-11-20(19)27)12-21(17)30-24(18)25-28-7-8-32(25)5/h7-10,12-13,19-20,22,33H,3-4,6,11H2,1-2,5H3,(H,29,31,34)/b14-9-/t19-,20+,22-/m0/s1. The van der Waals surface area contributed by atoms with Gasteiger partial charge in [0.2, 0.25) is 5.91 Å². The number of aliphatic hydroxyl groups is 1. The van der Waals surface area contributed by atoms with Crippen molar-refractivity contribution in [1.29, 1.82) is 0 Å². The molecule has 2 N–H and O–H groups in total. The number of pyridine rings is 2. The summed E-state index contributed by atoms with van der Waals surface area (Å²) in [6.07, 6.45) is 6.10. The molecule has 0 saturated heterocycles. The predicted molar refractivity (Wildman–Crippen MR) is 132 cm³/mol. The van der Waals surface area contributed by atoms with Gasteiger partial charge in [0.15, 0.2) is 5.82 Å². The summed E-state index contributed by atoms with van der Waals surface area (Å²) in [5.74, 6) is 0.000251. The lowest BCUT2D eigenvalue weighted by Gasteiger charge is -2.15. The van der Waals surface area contributed by atoms with Crippen LogP contribution in [0.4, 0.5) is 10.2 Å². The number of nitrogens with zero attached hydrogens (tertiary/aromatic N) is 4. The smallest absolute Gasteiger partial charge is 0.231 e. The number of fused-ring (bicyclic) bond motifs is 1. The average molecular weight is 462 g/mol. The molecule has 0 bridgehead atoms. The molecule has 0 spiro atoms. The van der Waals surface area contributed by atoms with Crippen LogP contribution >= 0.6 is 0 Å². The Morgan fingerprint density at radius 1 is 1.38 bits per heavy atom. The number of hydrogen-bond acceptors (Lipinski definition) is 5. The first kappa shape index (κ1) is 23.5. The van der Waals surface area contributed by atoms with Crippen LogP contribution in [0.15, 0.2) is 61.1 Å². The zero-order valence-electron chi connectivity index (χ0n) is 19.5. The van der Waals surface area contributed by atoms with Gasteiger partial charge in [-0.1, -0.05) is 26.2 Å². The van der Waals surface area contributed by atoms with E-state index in [1.165, 1.54) is 0 Å². The minimum Gasteiger partial charge on any atom is -0.388 e. The summed E-state index contributed by atoms with van der Waals surface area (Å²) >= 11 is 0. The Balaban J connectivity index is 1.76. The molecular weight excluding hydrogens is 433 g/mol. The topological polar surface area (TPSA) is 92.9 Å². The lowest BCUT2D eigenvalue weighted by molar-refractivity contribution is -0.117. The second-order valence-electron chi connectivity index (χ2n) is 8.66. The maximum Gasteiger partial charge on any atom is 0.231 e. The highest BCUT2D eigenvalue weighted by atomic mass is 19.1. The molecule has 8 heteroatoms. The number of carbonyl (C=O) groups excluding carboxylic acids is 1. The highest BCUT2D eigenvalue weighted by Gasteiger charge is 2.43. The van der Waals surface area contributed by atoms with E-state index in [4.69, 9.17) is 4.98 Å². The van der Waals surface area contributed by atoms with Crippen molar-refractivity contribution in [1.82, 2.24) is 19.5 Å². The second kappa shape index (κ2) is 9.30. The van der Waals surface area contributed by atoms with Crippen molar-refractivity contribution in [3.05, 3.63) is 66.7 Å². The SMILES string of the molecule is C=C(/C(C)=C\C(=C)[C@@H](O)CC)c1cc2cnc(NC(=O)[C@H]3C[C@H]3F)cc2nc1-c1nccn1C. The van der Waals surface area contributed by atoms with Gasteiger partial charge in [0.05, 0.1) is 17.5 Å². The van der Waals surface area contributed by atoms with E-state index in [2.05, 4.69) is 28.4 Å². The molecule has 0 aromatic carbocycles. The number of allylic oxidation sites excluding steroid dienone is 2. The largest absolute Gasteiger partial charge is 0.388 e. The van der Waals surface area contributed by atoms with Gasteiger partial charge in [0.1, 0.15) is 17.7 Å². The van der Waals surface area contributed by atoms with Crippen LogP contribution in [0.2, 0.25) is 0 Å². The van der Waals surface area contributed by atoms with Crippen LogP contribution in [0.25, 0.3) is 28.0 Å². The molecule has 0 aliphatic heterocycles. The summed E-state index contributed by atoms with van der Waals surface area (Å²) in [6.45, 7) is 12.0. The van der Waals surface area contributed by atoms with Crippen molar-refractivity contribution in [3.8, 4) is 11.5 Å². The molecule has 3 atom stereocenters. The number of rotatable bonds is 8. The van der Waals surface area contributed by atoms with Crippen molar-refractivity contribution in [2.45, 2.75) is 39.0 Å². The third kappa shape index (κ3) is 4.68. The van der Waals surface area contributed by atoms with Crippen LogP contribution in [0, 0.1) is 5.92 Å². The molecule has 1 amide bonds. The molecule has 1 saturated carbocycles. The van der Waals surface area contributed by atoms with Crippen LogP contribution in [0.5, 0.6) is 0 Å². The van der Waals surface area contributed by atoms with Gasteiger partial charge < -0.3 is 15.0 Å². The fourth-order valence-corrected chi connectivity index (χ4v) is 3.72. The van der Waals surface area contributed by atoms with Crippen LogP contribution in [0.1, 0.15) is 32.3 Å². The molecule has 0 unspecified atom stereocenters. The maximum absolute atomic E-state index is 13.2. The van der Waals surface area contributed by atoms with E-state index in [1.54, 1.807) is 18.5 Å². The normalized spacial score (nSPS) is 18.6. The van der Waals surface area contributed by atoms with Gasteiger partial charge in [-0.3, -0.25) is 4.79 Å². The van der Waals surface area contributed by atoms with Crippen LogP contribution < -0.4 is 5.32 Å². The van der Waals surface area contributed by atoms with Gasteiger partial charge in [-0.25, -0.2) is 19.3 Å². The van der Waals surface area contributed by atoms with E-state index in [0.29, 0.717) is 34.8 Å². The summed E-state index contributed by atoms with van der Waals surface area (Å²) in [7, 11) is 1.88. The first-order valence-corrected chi connectivity index (χ1v) is 11.2. The average Bonchev–Trinajstić information content (AvgIpc) is 3.41. The maximum atomic E-state index is 13.2. The van der Waals surface area contributed by atoms with Crippen molar-refractivity contribution in [2.75, 3.05) is 5.32 Å². The van der Waals surface area contributed by atoms with Crippen molar-refractivity contribution < 1.29 is 14.3 Å². The van der Waals surface area contributed by atoms with Crippen molar-refractivity contribution >= 4 is 28.2 Å². The number of carbonyl (C=O) groups is 1. The molecule has 3 aromatic heterocycles. The molecule has 1 aliphatic rings. The van der Waals surface area contributed by atoms with Gasteiger partial charge in [0.25, 0.3) is 0 Å². The first-order chi connectivity index (χ1) is 16.2. The molecule has 4 rings (SSSR count). The van der Waals surface area contributed by atoms with Gasteiger partial charge in [0, 0.05) is 42.7 Å². The Bertz CT molecular complexity index is 1330. The minimum atomic E-state index is -1.08. The quantitative estimate of drug-likeness (QED) is 0.478. The molecular formula is C26H28FN5O2. The summed E-state index contributed by atoms with van der Waals surface area (Å²) in [5, 5.41) is 13.5. The summed E-state index contributed by atoms with van der Waals surface area (Å²) < 4.78 is 15.1. The molecule has 7 nitrogen and oxygen atoms in total. The molecule has 1 fully saturated rings. The second-order valence-corrected chi connectivity index (χ2v) is 8.66. The summed E-state index contributed by atoms with van der Waals surface area (Å²) in [4.78, 5) is 25.8. The molecule has 0 radical (unpaired) electrons. The highest BCUT2D eigenvalue weighted by Crippen LogP contribution is 2.35. The summed E-state index contributed by atoms with van der Waals surface area (Å²) in [5.41, 5.74) is 4.18. The van der Waals surface area contributed by atoms with Crippen LogP contribution in [0.3, 0.4) is 0 Å². The molecule has 3 heterocycles. The minimum absolute atomic E-state index is 0.251. The van der Waals surface area contributed by atoms with Crippen molar-refractivity contribution in [2.24, 2.45) is 13.0 Å². The number of hydrogen-bond donors (Lipinski definition) is 2. The number of aromatic nitrogens is 4. The van der Waals surface area contributed by atoms with E-state index >= 15 is 0 Å². The fraction of sp³-hybridized carbons (Fsp3) is 0.308. The number of amides is 1. The Kier molecular flexibility index (Phi) is 6.43. The van der Waals surface area contributed by atoms with Gasteiger partial charge in [-0.15, -0.1) is 0 Å². The number of nitrogens with one attached hydrogen (secondary N) is 1. The highest BCUT2D eigenvalue weighted by molar-refractivity contribution is 5.97. The fourth-order valence-electron chi connectivity index (χ4n) is 3.72.